The van der Waals surface area contributed by atoms with Gasteiger partial charge in [-0.05, 0) is 92.8 Å². The van der Waals surface area contributed by atoms with Crippen LogP contribution in [0.25, 0.3) is 0 Å². The van der Waals surface area contributed by atoms with Crippen molar-refractivity contribution in [2.45, 2.75) is 94.1 Å². The van der Waals surface area contributed by atoms with Crippen molar-refractivity contribution < 1.29 is 40.0 Å². The number of allylic oxidation sites excluding steroid dienone is 6. The van der Waals surface area contributed by atoms with Gasteiger partial charge in [-0.3, -0.25) is 13.9 Å². The fourth-order valence-electron chi connectivity index (χ4n) is 7.92. The summed E-state index contributed by atoms with van der Waals surface area (Å²) in [6.07, 6.45) is 13.9. The number of rotatable bonds is 17. The average molecular weight is 870 g/mol. The predicted octanol–water partition coefficient (Wildman–Crippen LogP) is 7.20. The van der Waals surface area contributed by atoms with Crippen molar-refractivity contribution in [2.75, 3.05) is 23.7 Å². The number of amides is 1. The number of anilines is 2. The summed E-state index contributed by atoms with van der Waals surface area (Å²) in [6, 6.07) is 18.9. The van der Waals surface area contributed by atoms with Gasteiger partial charge >= 0.3 is 6.01 Å². The van der Waals surface area contributed by atoms with E-state index in [9.17, 15) is 30.7 Å². The molecule has 4 aromatic rings. The van der Waals surface area contributed by atoms with E-state index in [-0.39, 0.29) is 28.3 Å². The molecule has 1 aromatic heterocycles. The van der Waals surface area contributed by atoms with E-state index in [1.165, 1.54) is 30.5 Å². The molecule has 1 amide bonds. The fourth-order valence-corrected chi connectivity index (χ4v) is 8.93. The van der Waals surface area contributed by atoms with Crippen molar-refractivity contribution in [1.29, 1.82) is 0 Å². The number of hydrogen-bond donors (Lipinski definition) is 4. The lowest BCUT2D eigenvalue weighted by Crippen LogP contribution is -2.28. The maximum atomic E-state index is 12.7. The summed E-state index contributed by atoms with van der Waals surface area (Å²) in [4.78, 5) is 22.6. The van der Waals surface area contributed by atoms with Gasteiger partial charge in [0.15, 0.2) is 5.71 Å². The Kier molecular flexibility index (Phi) is 13.3. The number of nitrogens with zero attached hydrogens (tertiary/aromatic N) is 4. The van der Waals surface area contributed by atoms with Crippen LogP contribution in [-0.2, 0) is 49.0 Å². The Morgan fingerprint density at radius 1 is 0.852 bits per heavy atom. The molecular formula is C45H53N6O8S2+. The van der Waals surface area contributed by atoms with Crippen molar-refractivity contribution in [1.82, 2.24) is 15.3 Å². The minimum absolute atomic E-state index is 0.0386. The molecule has 0 atom stereocenters. The molecule has 5 N–H and O–H groups in total. The molecule has 322 valence electrons. The van der Waals surface area contributed by atoms with E-state index in [0.29, 0.717) is 38.3 Å². The zero-order chi connectivity index (χ0) is 44.2. The number of carbonyl (C=O) groups excluding carboxylic acids is 1. The van der Waals surface area contributed by atoms with Crippen LogP contribution in [0.3, 0.4) is 0 Å². The molecule has 3 aromatic carbocycles. The first-order valence-electron chi connectivity index (χ1n) is 20.1. The lowest BCUT2D eigenvalue weighted by atomic mass is 9.81. The number of fused-ring (bicyclic) bond motifs is 2. The van der Waals surface area contributed by atoms with Crippen LogP contribution < -0.4 is 20.7 Å². The lowest BCUT2D eigenvalue weighted by Gasteiger charge is -2.25. The van der Waals surface area contributed by atoms with Gasteiger partial charge < -0.3 is 20.7 Å². The molecule has 0 bridgehead atoms. The van der Waals surface area contributed by atoms with E-state index in [0.717, 1.165) is 57.9 Å². The van der Waals surface area contributed by atoms with E-state index in [2.05, 4.69) is 24.8 Å². The quantitative estimate of drug-likeness (QED) is 0.0360. The van der Waals surface area contributed by atoms with Crippen molar-refractivity contribution >= 4 is 49.0 Å². The Bertz CT molecular complexity index is 2650. The van der Waals surface area contributed by atoms with E-state index < -0.39 is 31.1 Å². The number of nitrogen functional groups attached to an aromatic ring is 1. The van der Waals surface area contributed by atoms with Crippen LogP contribution in [0.5, 0.6) is 6.01 Å². The summed E-state index contributed by atoms with van der Waals surface area (Å²) in [6.45, 7) is 12.1. The van der Waals surface area contributed by atoms with Crippen molar-refractivity contribution in [3.8, 4) is 6.01 Å². The zero-order valence-electron chi connectivity index (χ0n) is 35.0. The number of hydrogen-bond acceptors (Lipinski definition) is 10. The van der Waals surface area contributed by atoms with Crippen LogP contribution >= 0.6 is 0 Å². The highest BCUT2D eigenvalue weighted by atomic mass is 32.2. The highest BCUT2D eigenvalue weighted by Gasteiger charge is 2.45. The summed E-state index contributed by atoms with van der Waals surface area (Å²) >= 11 is 0. The van der Waals surface area contributed by atoms with E-state index in [1.807, 2.05) is 89.3 Å². The summed E-state index contributed by atoms with van der Waals surface area (Å²) < 4.78 is 75.3. The third-order valence-electron chi connectivity index (χ3n) is 11.2. The van der Waals surface area contributed by atoms with Gasteiger partial charge in [-0.1, -0.05) is 56.3 Å². The maximum absolute atomic E-state index is 12.7. The topological polar surface area (TPSA) is 205 Å². The van der Waals surface area contributed by atoms with Crippen LogP contribution in [0.1, 0.15) is 82.6 Å². The number of nitrogens with one attached hydrogen (secondary N) is 1. The summed E-state index contributed by atoms with van der Waals surface area (Å²) in [7, 11) is -8.78. The molecular weight excluding hydrogens is 817 g/mol. The van der Waals surface area contributed by atoms with Gasteiger partial charge in [0.05, 0.1) is 15.2 Å². The number of benzene rings is 3. The van der Waals surface area contributed by atoms with Crippen LogP contribution in [0, 0.1) is 0 Å². The molecule has 16 heteroatoms. The van der Waals surface area contributed by atoms with Crippen molar-refractivity contribution in [3.05, 3.63) is 131 Å². The number of unbranched alkanes of at least 4 members (excludes halogenated alkanes) is 2. The lowest BCUT2D eigenvalue weighted by molar-refractivity contribution is -0.438. The third kappa shape index (κ3) is 10.3. The number of aromatic nitrogens is 2. The Morgan fingerprint density at radius 2 is 1.52 bits per heavy atom. The van der Waals surface area contributed by atoms with Gasteiger partial charge in [0.2, 0.25) is 11.6 Å². The van der Waals surface area contributed by atoms with Crippen molar-refractivity contribution in [3.63, 3.8) is 0 Å². The minimum Gasteiger partial charge on any atom is -0.459 e. The molecule has 0 unspecified atom stereocenters. The number of nitrogens with two attached hydrogens (primary N) is 1. The monoisotopic (exact) mass is 869 g/mol. The second-order valence-corrected chi connectivity index (χ2v) is 18.9. The second-order valence-electron chi connectivity index (χ2n) is 16.1. The highest BCUT2D eigenvalue weighted by Crippen LogP contribution is 2.48. The molecule has 0 spiro atoms. The molecule has 0 fully saturated rings. The van der Waals surface area contributed by atoms with Gasteiger partial charge in [0.25, 0.3) is 20.2 Å². The van der Waals surface area contributed by atoms with Crippen LogP contribution in [0.4, 0.5) is 17.2 Å². The van der Waals surface area contributed by atoms with E-state index in [4.69, 9.17) is 10.5 Å². The first-order valence-corrected chi connectivity index (χ1v) is 23.0. The predicted molar refractivity (Wildman–Crippen MR) is 235 cm³/mol. The summed E-state index contributed by atoms with van der Waals surface area (Å²) in [5.74, 6) is 0.294. The first kappa shape index (κ1) is 44.9. The summed E-state index contributed by atoms with van der Waals surface area (Å²) in [5.41, 5.74) is 11.7. The molecule has 0 aliphatic carbocycles. The first-order chi connectivity index (χ1) is 28.8. The van der Waals surface area contributed by atoms with Crippen LogP contribution in [0.2, 0.25) is 0 Å². The number of ether oxygens (including phenoxy) is 1. The largest absolute Gasteiger partial charge is 0.459 e. The SMILES string of the molecule is CCN1/C(=C/C=C/C=C/C2=[N+](CCCCCC(=O)NCc3ccc(COc4nccc(N)n4)cc3)c3ccc(S(=O)(=O)O)cc3C2(C)C)C(C)(C)c2cc(S(=O)(=O)O)ccc21. The van der Waals surface area contributed by atoms with Gasteiger partial charge in [-0.25, -0.2) is 4.98 Å². The van der Waals surface area contributed by atoms with Gasteiger partial charge in [0, 0.05) is 66.6 Å². The minimum atomic E-state index is -4.42. The Hall–Kier alpha value is -5.68. The molecule has 14 nitrogen and oxygen atoms in total. The average Bonchev–Trinajstić information content (AvgIpc) is 3.56. The number of carbonyl (C=O) groups is 1. The van der Waals surface area contributed by atoms with Crippen LogP contribution in [0.15, 0.2) is 119 Å². The Balaban J connectivity index is 1.09. The van der Waals surface area contributed by atoms with E-state index >= 15 is 0 Å². The Morgan fingerprint density at radius 3 is 2.20 bits per heavy atom. The molecule has 2 aliphatic rings. The van der Waals surface area contributed by atoms with Crippen molar-refractivity contribution in [2.24, 2.45) is 0 Å². The Labute approximate surface area is 358 Å². The molecule has 0 saturated carbocycles. The molecule has 6 rings (SSSR count). The second kappa shape index (κ2) is 18.1. The molecule has 2 aliphatic heterocycles. The molecule has 0 radical (unpaired) electrons. The summed E-state index contributed by atoms with van der Waals surface area (Å²) in [5, 5.41) is 2.99. The standard InChI is InChI=1S/C45H52N6O8S2/c1-6-50-37-22-20-33(60(53,54)55)27-35(37)44(2,3)39(50)13-9-7-10-14-40-45(4,5)36-28-34(61(56,57)58)21-23-38(36)51(40)26-12-8-11-15-42(52)48-29-31-16-18-32(19-17-31)30-59-43-47-25-24-41(46)49-43/h7,9-10,13-14,16-25,27-28H,6,8,11-12,15,26,29-30H2,1-5H3,(H4-,46,47,48,49,52,53,54,55,56,57,58)/p+1. The molecule has 3 heterocycles. The number of likely N-dealkylation sites (N-methyl/N-ethyl adjacent to an activating group) is 1. The van der Waals surface area contributed by atoms with E-state index in [1.54, 1.807) is 18.2 Å². The van der Waals surface area contributed by atoms with Gasteiger partial charge in [-0.2, -0.15) is 26.4 Å². The normalized spacial score (nSPS) is 16.4. The van der Waals surface area contributed by atoms with Gasteiger partial charge in [0.1, 0.15) is 19.0 Å². The zero-order valence-corrected chi connectivity index (χ0v) is 36.6. The molecule has 0 saturated heterocycles. The third-order valence-corrected chi connectivity index (χ3v) is 12.9. The molecule has 61 heavy (non-hydrogen) atoms. The van der Waals surface area contributed by atoms with Crippen LogP contribution in [-0.4, -0.2) is 65.2 Å². The highest BCUT2D eigenvalue weighted by molar-refractivity contribution is 7.86. The smallest absolute Gasteiger partial charge is 0.318 e. The maximum Gasteiger partial charge on any atom is 0.318 e. The van der Waals surface area contributed by atoms with Gasteiger partial charge in [-0.15, -0.1) is 0 Å². The fraction of sp³-hybridized carbons (Fsp3) is 0.333.